The Kier molecular flexibility index (Phi) is 9.10. The molecule has 8 nitrogen and oxygen atoms in total. The highest BCUT2D eigenvalue weighted by Crippen LogP contribution is 2.00. The lowest BCUT2D eigenvalue weighted by Crippen LogP contribution is -2.50. The first kappa shape index (κ1) is 18.2. The average Bonchev–Trinajstić information content (AvgIpc) is 2.34. The molecule has 20 heavy (non-hydrogen) atoms. The first-order valence-electron chi connectivity index (χ1n) is 6.47. The minimum absolute atomic E-state index is 0.0409. The van der Waals surface area contributed by atoms with Crippen molar-refractivity contribution in [3.8, 4) is 0 Å². The van der Waals surface area contributed by atoms with E-state index in [4.69, 9.17) is 15.6 Å². The van der Waals surface area contributed by atoms with Gasteiger partial charge in [-0.25, -0.2) is 9.59 Å². The summed E-state index contributed by atoms with van der Waals surface area (Å²) in [5, 5.41) is 13.9. The van der Waals surface area contributed by atoms with E-state index in [9.17, 15) is 14.4 Å². The number of nitrogens with one attached hydrogen (secondary N) is 2. The lowest BCUT2D eigenvalue weighted by Gasteiger charge is -2.20. The summed E-state index contributed by atoms with van der Waals surface area (Å²) in [7, 11) is 1.52. The van der Waals surface area contributed by atoms with Crippen LogP contribution in [0.15, 0.2) is 0 Å². The molecule has 0 aromatic heterocycles. The molecular weight excluding hydrogens is 266 g/mol. The molecule has 0 aliphatic rings. The molecule has 5 N–H and O–H groups in total. The van der Waals surface area contributed by atoms with Gasteiger partial charge in [0.25, 0.3) is 0 Å². The molecule has 0 aromatic rings. The number of nitrogens with two attached hydrogens (primary N) is 1. The summed E-state index contributed by atoms with van der Waals surface area (Å²) in [6, 6.07) is -1.93. The third-order valence-electron chi connectivity index (χ3n) is 2.62. The maximum Gasteiger partial charge on any atom is 0.326 e. The Morgan fingerprint density at radius 1 is 1.25 bits per heavy atom. The SMILES string of the molecule is CCCC(COC)NC(=O)N[C@@H](CCC(N)=O)C(=O)O. The van der Waals surface area contributed by atoms with E-state index in [1.165, 1.54) is 7.11 Å². The monoisotopic (exact) mass is 289 g/mol. The van der Waals surface area contributed by atoms with E-state index >= 15 is 0 Å². The Balaban J connectivity index is 4.35. The van der Waals surface area contributed by atoms with Crippen LogP contribution in [0.3, 0.4) is 0 Å². The summed E-state index contributed by atoms with van der Waals surface area (Å²) in [6.45, 7) is 2.31. The van der Waals surface area contributed by atoms with Crippen molar-refractivity contribution in [2.24, 2.45) is 5.73 Å². The van der Waals surface area contributed by atoms with Gasteiger partial charge in [0, 0.05) is 13.5 Å². The van der Waals surface area contributed by atoms with Crippen LogP contribution in [0.5, 0.6) is 0 Å². The molecule has 8 heteroatoms. The number of ether oxygens (including phenoxy) is 1. The fourth-order valence-corrected chi connectivity index (χ4v) is 1.68. The highest BCUT2D eigenvalue weighted by Gasteiger charge is 2.21. The minimum Gasteiger partial charge on any atom is -0.480 e. The van der Waals surface area contributed by atoms with Crippen molar-refractivity contribution in [2.45, 2.75) is 44.7 Å². The molecule has 0 spiro atoms. The van der Waals surface area contributed by atoms with Gasteiger partial charge in [-0.3, -0.25) is 4.79 Å². The molecule has 0 heterocycles. The molecular formula is C12H23N3O5. The van der Waals surface area contributed by atoms with Gasteiger partial charge in [0.1, 0.15) is 6.04 Å². The predicted octanol–water partition coefficient (Wildman–Crippen LogP) is -0.181. The molecule has 116 valence electrons. The quantitative estimate of drug-likeness (QED) is 0.443. The second-order valence-electron chi connectivity index (χ2n) is 4.45. The van der Waals surface area contributed by atoms with Crippen LogP contribution in [-0.2, 0) is 14.3 Å². The number of urea groups is 1. The van der Waals surface area contributed by atoms with Crippen LogP contribution < -0.4 is 16.4 Å². The molecule has 0 bridgehead atoms. The van der Waals surface area contributed by atoms with Crippen molar-refractivity contribution in [3.63, 3.8) is 0 Å². The number of aliphatic carboxylic acids is 1. The first-order chi connectivity index (χ1) is 9.40. The van der Waals surface area contributed by atoms with Crippen molar-refractivity contribution in [1.82, 2.24) is 10.6 Å². The number of carbonyl (C=O) groups excluding carboxylic acids is 2. The topological polar surface area (TPSA) is 131 Å². The smallest absolute Gasteiger partial charge is 0.326 e. The largest absolute Gasteiger partial charge is 0.480 e. The number of carboxylic acids is 1. The van der Waals surface area contributed by atoms with Crippen LogP contribution in [0.25, 0.3) is 0 Å². The van der Waals surface area contributed by atoms with E-state index in [-0.39, 0.29) is 18.9 Å². The lowest BCUT2D eigenvalue weighted by molar-refractivity contribution is -0.139. The summed E-state index contributed by atoms with van der Waals surface area (Å²) in [6.07, 6.45) is 1.44. The van der Waals surface area contributed by atoms with E-state index in [1.807, 2.05) is 6.92 Å². The zero-order valence-electron chi connectivity index (χ0n) is 11.8. The summed E-state index contributed by atoms with van der Waals surface area (Å²) in [5.41, 5.74) is 4.95. The summed E-state index contributed by atoms with van der Waals surface area (Å²) >= 11 is 0. The Morgan fingerprint density at radius 3 is 2.35 bits per heavy atom. The van der Waals surface area contributed by atoms with Crippen LogP contribution in [0, 0.1) is 0 Å². The third-order valence-corrected chi connectivity index (χ3v) is 2.62. The maximum absolute atomic E-state index is 11.7. The van der Waals surface area contributed by atoms with Crippen LogP contribution in [0.2, 0.25) is 0 Å². The molecule has 0 radical (unpaired) electrons. The fourth-order valence-electron chi connectivity index (χ4n) is 1.68. The first-order valence-corrected chi connectivity index (χ1v) is 6.47. The second-order valence-corrected chi connectivity index (χ2v) is 4.45. The van der Waals surface area contributed by atoms with Crippen molar-refractivity contribution < 1.29 is 24.2 Å². The molecule has 3 amide bonds. The van der Waals surface area contributed by atoms with E-state index in [2.05, 4.69) is 10.6 Å². The van der Waals surface area contributed by atoms with Gasteiger partial charge in [-0.1, -0.05) is 13.3 Å². The number of hydrogen-bond donors (Lipinski definition) is 4. The number of carboxylic acid groups (broad SMARTS) is 1. The normalized spacial score (nSPS) is 13.3. The van der Waals surface area contributed by atoms with Crippen LogP contribution in [0.4, 0.5) is 4.79 Å². The minimum atomic E-state index is -1.21. The van der Waals surface area contributed by atoms with E-state index < -0.39 is 23.9 Å². The van der Waals surface area contributed by atoms with Gasteiger partial charge in [-0.05, 0) is 12.8 Å². The molecule has 0 saturated heterocycles. The van der Waals surface area contributed by atoms with Gasteiger partial charge < -0.3 is 26.2 Å². The van der Waals surface area contributed by atoms with Gasteiger partial charge in [0.15, 0.2) is 0 Å². The number of carbonyl (C=O) groups is 3. The molecule has 1 unspecified atom stereocenters. The average molecular weight is 289 g/mol. The molecule has 0 aliphatic heterocycles. The van der Waals surface area contributed by atoms with Gasteiger partial charge in [-0.15, -0.1) is 0 Å². The van der Waals surface area contributed by atoms with Crippen LogP contribution >= 0.6 is 0 Å². The van der Waals surface area contributed by atoms with Gasteiger partial charge in [0.2, 0.25) is 5.91 Å². The van der Waals surface area contributed by atoms with Gasteiger partial charge >= 0.3 is 12.0 Å². The Hall–Kier alpha value is -1.83. The molecule has 0 aromatic carbocycles. The Labute approximate surface area is 118 Å². The number of methoxy groups -OCH3 is 1. The lowest BCUT2D eigenvalue weighted by atomic mass is 10.1. The van der Waals surface area contributed by atoms with E-state index in [0.29, 0.717) is 6.61 Å². The fraction of sp³-hybridized carbons (Fsp3) is 0.750. The van der Waals surface area contributed by atoms with Crippen LogP contribution in [0.1, 0.15) is 32.6 Å². The summed E-state index contributed by atoms with van der Waals surface area (Å²) in [4.78, 5) is 33.3. The molecule has 0 aliphatic carbocycles. The standard InChI is InChI=1S/C12H23N3O5/c1-3-4-8(7-20-2)14-12(19)15-9(11(17)18)5-6-10(13)16/h8-9H,3-7H2,1-2H3,(H2,13,16)(H,17,18)(H2,14,15,19)/t8?,9-/m0/s1. The van der Waals surface area contributed by atoms with Gasteiger partial charge in [0.05, 0.1) is 12.6 Å². The van der Waals surface area contributed by atoms with E-state index in [1.54, 1.807) is 0 Å². The zero-order valence-corrected chi connectivity index (χ0v) is 11.8. The third kappa shape index (κ3) is 8.30. The predicted molar refractivity (Wildman–Crippen MR) is 72.1 cm³/mol. The molecule has 2 atom stereocenters. The van der Waals surface area contributed by atoms with Gasteiger partial charge in [-0.2, -0.15) is 0 Å². The highest BCUT2D eigenvalue weighted by molar-refractivity contribution is 5.83. The van der Waals surface area contributed by atoms with E-state index in [0.717, 1.165) is 12.8 Å². The maximum atomic E-state index is 11.7. The number of amides is 3. The van der Waals surface area contributed by atoms with Crippen molar-refractivity contribution in [2.75, 3.05) is 13.7 Å². The molecule has 0 fully saturated rings. The van der Waals surface area contributed by atoms with Crippen molar-refractivity contribution in [1.29, 1.82) is 0 Å². The number of hydrogen-bond acceptors (Lipinski definition) is 4. The Morgan fingerprint density at radius 2 is 1.90 bits per heavy atom. The Bertz CT molecular complexity index is 329. The molecule has 0 saturated carbocycles. The summed E-state index contributed by atoms with van der Waals surface area (Å²) in [5.74, 6) is -1.82. The molecule has 0 rings (SSSR count). The van der Waals surface area contributed by atoms with Crippen LogP contribution in [-0.4, -0.2) is 48.8 Å². The van der Waals surface area contributed by atoms with Crippen molar-refractivity contribution in [3.05, 3.63) is 0 Å². The highest BCUT2D eigenvalue weighted by atomic mass is 16.5. The number of rotatable bonds is 10. The zero-order chi connectivity index (χ0) is 15.5. The van der Waals surface area contributed by atoms with Crippen molar-refractivity contribution >= 4 is 17.9 Å². The second kappa shape index (κ2) is 10.0. The number of primary amides is 1. The summed E-state index contributed by atoms with van der Waals surface area (Å²) < 4.78 is 4.97.